The first-order valence-electron chi connectivity index (χ1n) is 5.57. The van der Waals surface area contributed by atoms with Crippen molar-refractivity contribution < 1.29 is 9.53 Å². The molecule has 2 rings (SSSR count). The third-order valence-corrected chi connectivity index (χ3v) is 2.85. The van der Waals surface area contributed by atoms with Gasteiger partial charge in [0.1, 0.15) is 0 Å². The molecule has 0 aromatic carbocycles. The lowest BCUT2D eigenvalue weighted by Gasteiger charge is -2.23. The van der Waals surface area contributed by atoms with E-state index in [0.717, 1.165) is 25.9 Å². The molecule has 0 bridgehead atoms. The van der Waals surface area contributed by atoms with E-state index in [4.69, 9.17) is 4.74 Å². The maximum Gasteiger partial charge on any atom is 0.261 e. The summed E-state index contributed by atoms with van der Waals surface area (Å²) in [4.78, 5) is 22.4. The van der Waals surface area contributed by atoms with Gasteiger partial charge in [-0.25, -0.2) is 0 Å². The second-order valence-corrected chi connectivity index (χ2v) is 4.03. The zero-order valence-electron chi connectivity index (χ0n) is 9.09. The van der Waals surface area contributed by atoms with Gasteiger partial charge in [0.05, 0.1) is 18.2 Å². The van der Waals surface area contributed by atoms with Crippen molar-refractivity contribution in [3.8, 4) is 0 Å². The van der Waals surface area contributed by atoms with Crippen LogP contribution in [0.1, 0.15) is 29.6 Å². The third-order valence-electron chi connectivity index (χ3n) is 2.85. The lowest BCUT2D eigenvalue weighted by molar-refractivity contribution is 0.00539. The zero-order valence-corrected chi connectivity index (χ0v) is 9.09. The second kappa shape index (κ2) is 5.07. The van der Waals surface area contributed by atoms with Gasteiger partial charge in [-0.15, -0.1) is 0 Å². The van der Waals surface area contributed by atoms with Gasteiger partial charge in [0.25, 0.3) is 5.56 Å². The zero-order chi connectivity index (χ0) is 11.4. The molecule has 1 aromatic rings. The molecule has 1 aliphatic heterocycles. The highest BCUT2D eigenvalue weighted by Crippen LogP contribution is 2.13. The van der Waals surface area contributed by atoms with Gasteiger partial charge < -0.3 is 9.30 Å². The summed E-state index contributed by atoms with van der Waals surface area (Å²) in [5.74, 6) is 0. The molecule has 1 aromatic heterocycles. The quantitative estimate of drug-likeness (QED) is 0.721. The number of aldehydes is 1. The Labute approximate surface area is 93.8 Å². The van der Waals surface area contributed by atoms with Crippen LogP contribution in [0.25, 0.3) is 0 Å². The Morgan fingerprint density at radius 2 is 2.38 bits per heavy atom. The van der Waals surface area contributed by atoms with Crippen molar-refractivity contribution in [2.24, 2.45) is 0 Å². The minimum atomic E-state index is -0.230. The van der Waals surface area contributed by atoms with Crippen LogP contribution >= 0.6 is 0 Å². The summed E-state index contributed by atoms with van der Waals surface area (Å²) in [6.07, 6.45) is 5.63. The van der Waals surface area contributed by atoms with Crippen LogP contribution in [0, 0.1) is 0 Å². The van der Waals surface area contributed by atoms with E-state index in [0.29, 0.717) is 12.8 Å². The van der Waals surface area contributed by atoms with Crippen LogP contribution in [0.3, 0.4) is 0 Å². The Morgan fingerprint density at radius 1 is 1.50 bits per heavy atom. The van der Waals surface area contributed by atoms with Gasteiger partial charge >= 0.3 is 0 Å². The Balaban J connectivity index is 2.14. The summed E-state index contributed by atoms with van der Waals surface area (Å²) < 4.78 is 7.12. The Bertz CT molecular complexity index is 419. The maximum absolute atomic E-state index is 11.7. The fraction of sp³-hybridized carbons (Fsp3) is 0.500. The minimum Gasteiger partial charge on any atom is -0.376 e. The molecule has 0 amide bonds. The summed E-state index contributed by atoms with van der Waals surface area (Å²) in [6, 6.07) is 3.25. The molecule has 0 aliphatic carbocycles. The number of carbonyl (C=O) groups excluding carboxylic acids is 1. The first-order valence-corrected chi connectivity index (χ1v) is 5.57. The van der Waals surface area contributed by atoms with Crippen molar-refractivity contribution >= 4 is 6.29 Å². The Kier molecular flexibility index (Phi) is 3.51. The predicted molar refractivity (Wildman–Crippen MR) is 59.7 cm³/mol. The topological polar surface area (TPSA) is 48.3 Å². The molecule has 1 aliphatic rings. The largest absolute Gasteiger partial charge is 0.376 e. The Hall–Kier alpha value is -1.42. The number of nitrogens with zero attached hydrogens (tertiary/aromatic N) is 1. The van der Waals surface area contributed by atoms with Gasteiger partial charge in [0.2, 0.25) is 0 Å². The van der Waals surface area contributed by atoms with Gasteiger partial charge in [-0.05, 0) is 31.4 Å². The monoisotopic (exact) mass is 221 g/mol. The predicted octanol–water partition coefficient (Wildman–Crippen LogP) is 1.23. The minimum absolute atomic E-state index is 0.105. The lowest BCUT2D eigenvalue weighted by Crippen LogP contribution is -2.31. The molecule has 1 saturated heterocycles. The molecule has 4 nitrogen and oxygen atoms in total. The molecule has 86 valence electrons. The van der Waals surface area contributed by atoms with E-state index in [1.165, 1.54) is 6.07 Å². The van der Waals surface area contributed by atoms with Gasteiger partial charge in [-0.1, -0.05) is 0 Å². The summed E-state index contributed by atoms with van der Waals surface area (Å²) >= 11 is 0. The summed E-state index contributed by atoms with van der Waals surface area (Å²) in [5.41, 5.74) is -0.0232. The average Bonchev–Trinajstić information content (AvgIpc) is 2.33. The molecule has 0 saturated carbocycles. The van der Waals surface area contributed by atoms with Gasteiger partial charge in [-0.3, -0.25) is 9.59 Å². The maximum atomic E-state index is 11.7. The van der Waals surface area contributed by atoms with Crippen molar-refractivity contribution in [1.29, 1.82) is 0 Å². The molecule has 0 N–H and O–H groups in total. The fourth-order valence-electron chi connectivity index (χ4n) is 1.96. The third kappa shape index (κ3) is 2.39. The highest BCUT2D eigenvalue weighted by molar-refractivity contribution is 5.73. The van der Waals surface area contributed by atoms with Crippen LogP contribution in [0.2, 0.25) is 0 Å². The standard InChI is InChI=1S/C12H15NO3/c14-9-10-4-3-6-13(12(10)15)8-11-5-1-2-7-16-11/h3-4,6,9,11H,1-2,5,7-8H2/t11-/m1/s1. The highest BCUT2D eigenvalue weighted by Gasteiger charge is 2.15. The van der Waals surface area contributed by atoms with E-state index in [-0.39, 0.29) is 17.2 Å². The lowest BCUT2D eigenvalue weighted by atomic mass is 10.1. The molecule has 0 spiro atoms. The summed E-state index contributed by atoms with van der Waals surface area (Å²) in [5, 5.41) is 0. The number of ether oxygens (including phenoxy) is 1. The van der Waals surface area contributed by atoms with Crippen molar-refractivity contribution in [1.82, 2.24) is 4.57 Å². The van der Waals surface area contributed by atoms with Crippen LogP contribution < -0.4 is 5.56 Å². The molecular formula is C12H15NO3. The molecule has 16 heavy (non-hydrogen) atoms. The number of hydrogen-bond acceptors (Lipinski definition) is 3. The van der Waals surface area contributed by atoms with Crippen molar-refractivity contribution in [2.45, 2.75) is 31.9 Å². The normalized spacial score (nSPS) is 20.6. The number of aromatic nitrogens is 1. The summed E-state index contributed by atoms with van der Waals surface area (Å²) in [7, 11) is 0. The first-order chi connectivity index (χ1) is 7.81. The SMILES string of the molecule is O=Cc1cccn(C[C@H]2CCCCO2)c1=O. The molecular weight excluding hydrogens is 206 g/mol. The highest BCUT2D eigenvalue weighted by atomic mass is 16.5. The smallest absolute Gasteiger partial charge is 0.261 e. The molecule has 0 unspecified atom stereocenters. The van der Waals surface area contributed by atoms with E-state index in [2.05, 4.69) is 0 Å². The van der Waals surface area contributed by atoms with E-state index >= 15 is 0 Å². The van der Waals surface area contributed by atoms with Crippen molar-refractivity contribution in [2.75, 3.05) is 6.61 Å². The van der Waals surface area contributed by atoms with E-state index < -0.39 is 0 Å². The molecule has 2 heterocycles. The number of hydrogen-bond donors (Lipinski definition) is 0. The van der Waals surface area contributed by atoms with Crippen LogP contribution in [0.15, 0.2) is 23.1 Å². The Morgan fingerprint density at radius 3 is 3.06 bits per heavy atom. The van der Waals surface area contributed by atoms with Gasteiger partial charge in [0.15, 0.2) is 6.29 Å². The fourth-order valence-corrected chi connectivity index (χ4v) is 1.96. The van der Waals surface area contributed by atoms with Crippen molar-refractivity contribution in [3.05, 3.63) is 34.2 Å². The second-order valence-electron chi connectivity index (χ2n) is 4.03. The van der Waals surface area contributed by atoms with Crippen LogP contribution in [-0.4, -0.2) is 23.6 Å². The molecule has 4 heteroatoms. The van der Waals surface area contributed by atoms with Gasteiger partial charge in [0, 0.05) is 12.8 Å². The van der Waals surface area contributed by atoms with Crippen molar-refractivity contribution in [3.63, 3.8) is 0 Å². The van der Waals surface area contributed by atoms with Crippen LogP contribution in [-0.2, 0) is 11.3 Å². The van der Waals surface area contributed by atoms with Crippen LogP contribution in [0.5, 0.6) is 0 Å². The number of carbonyl (C=O) groups is 1. The average molecular weight is 221 g/mol. The summed E-state index contributed by atoms with van der Waals surface area (Å²) in [6.45, 7) is 1.31. The molecule has 1 atom stereocenters. The number of pyridine rings is 1. The first kappa shape index (κ1) is 11.1. The van der Waals surface area contributed by atoms with Crippen LogP contribution in [0.4, 0.5) is 0 Å². The molecule has 1 fully saturated rings. The van der Waals surface area contributed by atoms with E-state index in [1.54, 1.807) is 16.8 Å². The van der Waals surface area contributed by atoms with E-state index in [1.807, 2.05) is 0 Å². The van der Waals surface area contributed by atoms with E-state index in [9.17, 15) is 9.59 Å². The number of rotatable bonds is 3. The molecule has 0 radical (unpaired) electrons. The van der Waals surface area contributed by atoms with Gasteiger partial charge in [-0.2, -0.15) is 0 Å².